The third-order valence-corrected chi connectivity index (χ3v) is 6.11. The van der Waals surface area contributed by atoms with Gasteiger partial charge in [0.1, 0.15) is 12.1 Å². The molecule has 0 N–H and O–H groups in total. The molecule has 34 heavy (non-hydrogen) atoms. The predicted octanol–water partition coefficient (Wildman–Crippen LogP) is 7.36. The third-order valence-electron chi connectivity index (χ3n) is 4.68. The quantitative estimate of drug-likeness (QED) is 0.196. The number of anilines is 1. The number of nitrogens with zero attached hydrogens (tertiary/aromatic N) is 3. The number of hydrogen-bond donors (Lipinski definition) is 0. The number of esters is 1. The van der Waals surface area contributed by atoms with E-state index >= 15 is 0 Å². The monoisotopic (exact) mass is 515 g/mol. The summed E-state index contributed by atoms with van der Waals surface area (Å²) in [6, 6.07) is 17.0. The van der Waals surface area contributed by atoms with Crippen molar-refractivity contribution in [3.63, 3.8) is 0 Å². The number of carbonyl (C=O) groups excluding carboxylic acids is 1. The molecule has 0 aliphatic rings. The van der Waals surface area contributed by atoms with Gasteiger partial charge in [0, 0.05) is 32.8 Å². The molecule has 0 fully saturated rings. The van der Waals surface area contributed by atoms with E-state index in [1.807, 2.05) is 61.5 Å². The minimum Gasteiger partial charge on any atom is -0.459 e. The van der Waals surface area contributed by atoms with Crippen molar-refractivity contribution in [2.75, 3.05) is 10.8 Å². The van der Waals surface area contributed by atoms with Crippen molar-refractivity contribution in [2.45, 2.75) is 38.2 Å². The second kappa shape index (κ2) is 9.86. The topological polar surface area (TPSA) is 68.5 Å². The van der Waals surface area contributed by atoms with Gasteiger partial charge in [-0.3, -0.25) is 4.79 Å². The van der Waals surface area contributed by atoms with Crippen LogP contribution in [0.25, 0.3) is 22.2 Å². The summed E-state index contributed by atoms with van der Waals surface area (Å²) in [4.78, 5) is 18.0. The Balaban J connectivity index is 1.80. The highest BCUT2D eigenvalue weighted by Crippen LogP contribution is 2.38. The first kappa shape index (κ1) is 24.4. The van der Waals surface area contributed by atoms with Crippen LogP contribution in [-0.2, 0) is 9.53 Å². The molecule has 4 aromatic rings. The van der Waals surface area contributed by atoms with Gasteiger partial charge >= 0.3 is 5.97 Å². The van der Waals surface area contributed by atoms with Gasteiger partial charge in [-0.1, -0.05) is 58.7 Å². The molecule has 176 valence electrons. The molecular formula is C25H23Cl2N3O3S. The Morgan fingerprint density at radius 2 is 1.74 bits per heavy atom. The van der Waals surface area contributed by atoms with Crippen LogP contribution in [0.1, 0.15) is 26.7 Å². The van der Waals surface area contributed by atoms with E-state index in [0.717, 1.165) is 26.9 Å². The highest BCUT2D eigenvalue weighted by molar-refractivity contribution is 8.00. The summed E-state index contributed by atoms with van der Waals surface area (Å²) in [7, 11) is 0. The number of aromatic nitrogens is 2. The zero-order valence-corrected chi connectivity index (χ0v) is 21.5. The van der Waals surface area contributed by atoms with E-state index in [1.54, 1.807) is 25.1 Å². The van der Waals surface area contributed by atoms with Crippen molar-refractivity contribution < 1.29 is 14.1 Å². The Morgan fingerprint density at radius 3 is 2.38 bits per heavy atom. The highest BCUT2D eigenvalue weighted by atomic mass is 35.5. The fourth-order valence-electron chi connectivity index (χ4n) is 3.48. The van der Waals surface area contributed by atoms with E-state index in [-0.39, 0.29) is 12.5 Å². The van der Waals surface area contributed by atoms with Gasteiger partial charge in [0.2, 0.25) is 11.7 Å². The number of halogens is 2. The number of aryl methyl sites for hydroxylation is 1. The first-order valence-corrected chi connectivity index (χ1v) is 12.1. The van der Waals surface area contributed by atoms with Gasteiger partial charge in [-0.05, 0) is 62.4 Å². The third kappa shape index (κ3) is 5.84. The zero-order valence-electron chi connectivity index (χ0n) is 19.1. The molecular weight excluding hydrogens is 493 g/mol. The first-order chi connectivity index (χ1) is 16.1. The van der Waals surface area contributed by atoms with Crippen LogP contribution in [0.2, 0.25) is 10.0 Å². The summed E-state index contributed by atoms with van der Waals surface area (Å²) < 4.78 is 12.7. The highest BCUT2D eigenvalue weighted by Gasteiger charge is 2.22. The molecule has 0 spiro atoms. The SMILES string of the molecule is Cc1nc(-c2cccc3c(N(CC(=O)OC(C)(C)C)Sc4cc(Cl)cc(Cl)c4)cccc23)no1. The normalized spacial score (nSPS) is 11.6. The number of benzene rings is 3. The summed E-state index contributed by atoms with van der Waals surface area (Å²) in [6.45, 7) is 7.29. The first-order valence-electron chi connectivity index (χ1n) is 10.5. The summed E-state index contributed by atoms with van der Waals surface area (Å²) in [5.41, 5.74) is 1.06. The Bertz CT molecular complexity index is 1330. The molecule has 0 unspecified atom stereocenters. The average Bonchev–Trinajstić information content (AvgIpc) is 3.16. The lowest BCUT2D eigenvalue weighted by Crippen LogP contribution is -2.31. The Labute approximate surface area is 212 Å². The number of rotatable bonds is 6. The van der Waals surface area contributed by atoms with Crippen molar-refractivity contribution in [1.29, 1.82) is 0 Å². The smallest absolute Gasteiger partial charge is 0.327 e. The van der Waals surface area contributed by atoms with Crippen molar-refractivity contribution in [1.82, 2.24) is 10.1 Å². The number of ether oxygens (including phenoxy) is 1. The molecule has 0 saturated carbocycles. The van der Waals surface area contributed by atoms with Crippen LogP contribution in [-0.4, -0.2) is 28.3 Å². The van der Waals surface area contributed by atoms with Crippen molar-refractivity contribution in [3.05, 3.63) is 70.5 Å². The second-order valence-electron chi connectivity index (χ2n) is 8.63. The molecule has 1 aromatic heterocycles. The maximum atomic E-state index is 12.8. The molecule has 0 aliphatic carbocycles. The van der Waals surface area contributed by atoms with Crippen LogP contribution in [0, 0.1) is 6.92 Å². The van der Waals surface area contributed by atoms with Gasteiger partial charge in [-0.25, -0.2) is 0 Å². The fourth-order valence-corrected chi connectivity index (χ4v) is 5.18. The molecule has 6 nitrogen and oxygen atoms in total. The summed E-state index contributed by atoms with van der Waals surface area (Å²) in [5.74, 6) is 0.645. The summed E-state index contributed by atoms with van der Waals surface area (Å²) >= 11 is 13.8. The minimum absolute atomic E-state index is 0.0106. The van der Waals surface area contributed by atoms with Crippen LogP contribution in [0.4, 0.5) is 5.69 Å². The lowest BCUT2D eigenvalue weighted by Gasteiger charge is -2.27. The van der Waals surface area contributed by atoms with E-state index in [4.69, 9.17) is 32.5 Å². The fraction of sp³-hybridized carbons (Fsp3) is 0.240. The van der Waals surface area contributed by atoms with E-state index in [9.17, 15) is 4.79 Å². The van der Waals surface area contributed by atoms with Gasteiger partial charge in [-0.2, -0.15) is 4.98 Å². The van der Waals surface area contributed by atoms with E-state index < -0.39 is 5.60 Å². The Kier molecular flexibility index (Phi) is 7.07. The van der Waals surface area contributed by atoms with Gasteiger partial charge in [-0.15, -0.1) is 0 Å². The molecule has 1 heterocycles. The Hall–Kier alpha value is -2.74. The van der Waals surface area contributed by atoms with Crippen molar-refractivity contribution in [2.24, 2.45) is 0 Å². The largest absolute Gasteiger partial charge is 0.459 e. The van der Waals surface area contributed by atoms with Gasteiger partial charge in [0.05, 0.1) is 5.69 Å². The number of carbonyl (C=O) groups is 1. The predicted molar refractivity (Wildman–Crippen MR) is 137 cm³/mol. The number of hydrogen-bond acceptors (Lipinski definition) is 7. The number of fused-ring (bicyclic) bond motifs is 1. The summed E-state index contributed by atoms with van der Waals surface area (Å²) in [5, 5.41) is 6.96. The van der Waals surface area contributed by atoms with Crippen LogP contribution in [0.5, 0.6) is 0 Å². The van der Waals surface area contributed by atoms with Crippen molar-refractivity contribution >= 4 is 57.6 Å². The van der Waals surface area contributed by atoms with Gasteiger partial charge < -0.3 is 13.6 Å². The van der Waals surface area contributed by atoms with Crippen LogP contribution in [0.15, 0.2) is 64.0 Å². The van der Waals surface area contributed by atoms with Crippen molar-refractivity contribution in [3.8, 4) is 11.4 Å². The van der Waals surface area contributed by atoms with E-state index in [0.29, 0.717) is 21.8 Å². The van der Waals surface area contributed by atoms with E-state index in [1.165, 1.54) is 11.9 Å². The maximum absolute atomic E-state index is 12.8. The zero-order chi connectivity index (χ0) is 24.5. The molecule has 0 atom stereocenters. The van der Waals surface area contributed by atoms with Crippen LogP contribution >= 0.6 is 35.1 Å². The molecule has 4 rings (SSSR count). The molecule has 0 radical (unpaired) electrons. The molecule has 0 aliphatic heterocycles. The van der Waals surface area contributed by atoms with Gasteiger partial charge in [0.25, 0.3) is 0 Å². The summed E-state index contributed by atoms with van der Waals surface area (Å²) in [6.07, 6.45) is 0. The average molecular weight is 516 g/mol. The minimum atomic E-state index is -0.602. The standard InChI is InChI=1S/C25H23Cl2N3O3S/c1-15-28-24(29-33-15)21-9-5-8-20-19(21)7-6-10-22(20)30(14-23(31)32-25(2,3)4)34-18-12-16(26)11-17(27)13-18/h5-13H,14H2,1-4H3. The molecule has 0 amide bonds. The second-order valence-corrected chi connectivity index (χ2v) is 10.6. The van der Waals surface area contributed by atoms with Crippen LogP contribution < -0.4 is 4.31 Å². The Morgan fingerprint density at radius 1 is 1.06 bits per heavy atom. The molecule has 9 heteroatoms. The lowest BCUT2D eigenvalue weighted by atomic mass is 10.0. The molecule has 0 bridgehead atoms. The van der Waals surface area contributed by atoms with Gasteiger partial charge in [0.15, 0.2) is 0 Å². The maximum Gasteiger partial charge on any atom is 0.327 e. The molecule has 0 saturated heterocycles. The van der Waals surface area contributed by atoms with Crippen LogP contribution in [0.3, 0.4) is 0 Å². The lowest BCUT2D eigenvalue weighted by molar-refractivity contribution is -0.152. The molecule has 3 aromatic carbocycles. The van der Waals surface area contributed by atoms with E-state index in [2.05, 4.69) is 10.1 Å².